The summed E-state index contributed by atoms with van der Waals surface area (Å²) in [5.74, 6) is 0.930. The van der Waals surface area contributed by atoms with E-state index in [0.717, 1.165) is 44.1 Å². The number of amides is 1. The molecule has 2 aromatic heterocycles. The van der Waals surface area contributed by atoms with Gasteiger partial charge in [0.15, 0.2) is 0 Å². The van der Waals surface area contributed by atoms with Gasteiger partial charge in [0.1, 0.15) is 0 Å². The summed E-state index contributed by atoms with van der Waals surface area (Å²) in [5, 5.41) is 0. The van der Waals surface area contributed by atoms with Crippen molar-refractivity contribution in [3.05, 3.63) is 48.5 Å². The highest BCUT2D eigenvalue weighted by atomic mass is 16.2. The van der Waals surface area contributed by atoms with Crippen molar-refractivity contribution in [2.45, 2.75) is 24.8 Å². The molecule has 2 aromatic rings. The number of hydrogen-bond acceptors (Lipinski definition) is 5. The third kappa shape index (κ3) is 2.54. The molecule has 2 aliphatic rings. The molecular weight excluding hydrogens is 290 g/mol. The molecule has 0 bridgehead atoms. The van der Waals surface area contributed by atoms with E-state index < -0.39 is 0 Å². The van der Waals surface area contributed by atoms with Crippen LogP contribution in [0.25, 0.3) is 0 Å². The predicted octanol–water partition coefficient (Wildman–Crippen LogP) is 1.30. The minimum atomic E-state index is 0.0289. The summed E-state index contributed by atoms with van der Waals surface area (Å²) in [5.41, 5.74) is 0.858. The van der Waals surface area contributed by atoms with Crippen molar-refractivity contribution in [1.82, 2.24) is 19.9 Å². The Morgan fingerprint density at radius 3 is 2.52 bits per heavy atom. The maximum absolute atomic E-state index is 12.5. The van der Waals surface area contributed by atoms with Crippen LogP contribution in [0.5, 0.6) is 0 Å². The number of likely N-dealkylation sites (tertiary alicyclic amines) is 1. The van der Waals surface area contributed by atoms with Crippen molar-refractivity contribution >= 4 is 11.9 Å². The summed E-state index contributed by atoms with van der Waals surface area (Å²) in [4.78, 5) is 29.7. The Morgan fingerprint density at radius 2 is 1.83 bits per heavy atom. The van der Waals surface area contributed by atoms with Gasteiger partial charge in [-0.05, 0) is 31.0 Å². The lowest BCUT2D eigenvalue weighted by molar-refractivity contribution is -0.129. The Morgan fingerprint density at radius 1 is 1.04 bits per heavy atom. The van der Waals surface area contributed by atoms with Crippen LogP contribution in [0.3, 0.4) is 0 Å². The summed E-state index contributed by atoms with van der Waals surface area (Å²) in [6.07, 6.45) is 7.73. The highest BCUT2D eigenvalue weighted by molar-refractivity contribution is 5.79. The lowest BCUT2D eigenvalue weighted by Crippen LogP contribution is -2.62. The van der Waals surface area contributed by atoms with E-state index in [1.165, 1.54) is 0 Å². The lowest BCUT2D eigenvalue weighted by Gasteiger charge is -2.50. The first-order chi connectivity index (χ1) is 11.3. The molecule has 0 N–H and O–H groups in total. The van der Waals surface area contributed by atoms with Gasteiger partial charge in [-0.1, -0.05) is 6.07 Å². The summed E-state index contributed by atoms with van der Waals surface area (Å²) in [7, 11) is 0. The summed E-state index contributed by atoms with van der Waals surface area (Å²) in [6, 6.07) is 7.51. The molecular formula is C17H19N5O. The van der Waals surface area contributed by atoms with Gasteiger partial charge < -0.3 is 9.80 Å². The van der Waals surface area contributed by atoms with Crippen LogP contribution >= 0.6 is 0 Å². The monoisotopic (exact) mass is 309 g/mol. The molecule has 1 amide bonds. The zero-order valence-corrected chi connectivity index (χ0v) is 12.9. The first kappa shape index (κ1) is 14.1. The molecule has 2 fully saturated rings. The van der Waals surface area contributed by atoms with E-state index in [-0.39, 0.29) is 11.4 Å². The zero-order valence-electron chi connectivity index (χ0n) is 12.9. The number of aromatic nitrogens is 3. The van der Waals surface area contributed by atoms with Gasteiger partial charge in [-0.2, -0.15) is 0 Å². The summed E-state index contributed by atoms with van der Waals surface area (Å²) >= 11 is 0. The molecule has 118 valence electrons. The Balaban J connectivity index is 1.44. The Hall–Kier alpha value is -2.50. The van der Waals surface area contributed by atoms with Crippen LogP contribution in [0, 0.1) is 0 Å². The van der Waals surface area contributed by atoms with Crippen LogP contribution in [0.4, 0.5) is 5.95 Å². The van der Waals surface area contributed by atoms with Gasteiger partial charge in [-0.3, -0.25) is 9.78 Å². The Kier molecular flexibility index (Phi) is 3.44. The molecule has 4 heterocycles. The summed E-state index contributed by atoms with van der Waals surface area (Å²) < 4.78 is 0. The van der Waals surface area contributed by atoms with Crippen molar-refractivity contribution < 1.29 is 4.79 Å². The molecule has 0 aliphatic carbocycles. The van der Waals surface area contributed by atoms with Crippen LogP contribution < -0.4 is 4.90 Å². The molecule has 0 saturated carbocycles. The Bertz CT molecular complexity index is 693. The molecule has 2 aliphatic heterocycles. The molecule has 4 rings (SSSR count). The number of carbonyl (C=O) groups is 1. The normalized spacial score (nSPS) is 23.1. The zero-order chi connectivity index (χ0) is 15.7. The van der Waals surface area contributed by atoms with Crippen LogP contribution in [0.15, 0.2) is 42.9 Å². The highest BCUT2D eigenvalue weighted by Crippen LogP contribution is 2.40. The van der Waals surface area contributed by atoms with E-state index in [1.54, 1.807) is 18.6 Å². The van der Waals surface area contributed by atoms with Crippen LogP contribution in [-0.4, -0.2) is 50.9 Å². The predicted molar refractivity (Wildman–Crippen MR) is 85.9 cm³/mol. The molecule has 1 atom stereocenters. The minimum absolute atomic E-state index is 0.0289. The smallest absolute Gasteiger partial charge is 0.228 e. The average molecular weight is 309 g/mol. The SMILES string of the molecule is O=C(Cc1ccccn1)N1CC[C@@]2(CCN2c2ncccn2)C1. The molecule has 2 saturated heterocycles. The second-order valence-electron chi connectivity index (χ2n) is 6.24. The fourth-order valence-electron chi connectivity index (χ4n) is 3.55. The number of pyridine rings is 1. The molecule has 1 spiro atoms. The third-order valence-corrected chi connectivity index (χ3v) is 4.91. The highest BCUT2D eigenvalue weighted by Gasteiger charge is 2.51. The fourth-order valence-corrected chi connectivity index (χ4v) is 3.55. The van der Waals surface area contributed by atoms with Gasteiger partial charge >= 0.3 is 0 Å². The number of hydrogen-bond donors (Lipinski definition) is 0. The van der Waals surface area contributed by atoms with Crippen LogP contribution in [-0.2, 0) is 11.2 Å². The summed E-state index contributed by atoms with van der Waals surface area (Å²) in [6.45, 7) is 2.53. The first-order valence-electron chi connectivity index (χ1n) is 7.99. The van der Waals surface area contributed by atoms with E-state index in [2.05, 4.69) is 19.9 Å². The van der Waals surface area contributed by atoms with Crippen molar-refractivity contribution in [2.75, 3.05) is 24.5 Å². The van der Waals surface area contributed by atoms with Gasteiger partial charge in [-0.25, -0.2) is 9.97 Å². The third-order valence-electron chi connectivity index (χ3n) is 4.91. The van der Waals surface area contributed by atoms with Gasteiger partial charge in [0.2, 0.25) is 11.9 Å². The van der Waals surface area contributed by atoms with E-state index in [0.29, 0.717) is 6.42 Å². The van der Waals surface area contributed by atoms with Gasteiger partial charge in [0.05, 0.1) is 12.0 Å². The average Bonchev–Trinajstić information content (AvgIpc) is 3.04. The number of nitrogens with zero attached hydrogens (tertiary/aromatic N) is 5. The topological polar surface area (TPSA) is 62.2 Å². The van der Waals surface area contributed by atoms with Crippen molar-refractivity contribution in [3.63, 3.8) is 0 Å². The second kappa shape index (κ2) is 5.61. The molecule has 0 unspecified atom stereocenters. The molecule has 6 heteroatoms. The quantitative estimate of drug-likeness (QED) is 0.855. The van der Waals surface area contributed by atoms with Gasteiger partial charge in [0, 0.05) is 43.9 Å². The Labute approximate surface area is 135 Å². The molecule has 6 nitrogen and oxygen atoms in total. The maximum Gasteiger partial charge on any atom is 0.228 e. The molecule has 0 radical (unpaired) electrons. The van der Waals surface area contributed by atoms with Crippen molar-refractivity contribution in [2.24, 2.45) is 0 Å². The van der Waals surface area contributed by atoms with E-state index in [9.17, 15) is 4.79 Å². The minimum Gasteiger partial charge on any atom is -0.340 e. The van der Waals surface area contributed by atoms with Crippen LogP contribution in [0.2, 0.25) is 0 Å². The largest absolute Gasteiger partial charge is 0.340 e. The first-order valence-corrected chi connectivity index (χ1v) is 7.99. The standard InChI is InChI=1S/C17H19N5O/c23-15(12-14-4-1-2-7-18-14)21-10-5-17(13-21)6-11-22(17)16-19-8-3-9-20-16/h1-4,7-9H,5-6,10-13H2/t17-/m1/s1. The van der Waals surface area contributed by atoms with Crippen LogP contribution in [0.1, 0.15) is 18.5 Å². The number of rotatable bonds is 3. The molecule has 23 heavy (non-hydrogen) atoms. The van der Waals surface area contributed by atoms with Gasteiger partial charge in [-0.15, -0.1) is 0 Å². The number of anilines is 1. The fraction of sp³-hybridized carbons (Fsp3) is 0.412. The van der Waals surface area contributed by atoms with Crippen molar-refractivity contribution in [3.8, 4) is 0 Å². The maximum atomic E-state index is 12.5. The van der Waals surface area contributed by atoms with E-state index >= 15 is 0 Å². The lowest BCUT2D eigenvalue weighted by atomic mass is 9.84. The van der Waals surface area contributed by atoms with Crippen molar-refractivity contribution in [1.29, 1.82) is 0 Å². The number of carbonyl (C=O) groups excluding carboxylic acids is 1. The van der Waals surface area contributed by atoms with E-state index in [1.807, 2.05) is 29.2 Å². The molecule has 0 aromatic carbocycles. The van der Waals surface area contributed by atoms with E-state index in [4.69, 9.17) is 0 Å². The second-order valence-corrected chi connectivity index (χ2v) is 6.24. The van der Waals surface area contributed by atoms with Gasteiger partial charge in [0.25, 0.3) is 0 Å².